The first-order valence-electron chi connectivity index (χ1n) is 7.43. The molecule has 5 nitrogen and oxygen atoms in total. The number of aromatic nitrogens is 1. The molecule has 0 bridgehead atoms. The van der Waals surface area contributed by atoms with Crippen LogP contribution in [0.3, 0.4) is 0 Å². The Balaban J connectivity index is 1.63. The molecule has 0 radical (unpaired) electrons. The Labute approximate surface area is 154 Å². The number of nitriles is 1. The summed E-state index contributed by atoms with van der Waals surface area (Å²) in [6.45, 7) is 1.01. The number of carbonyl (C=O) groups excluding carboxylic acids is 1. The molecular formula is C17H17BrN4OS. The van der Waals surface area contributed by atoms with E-state index in [4.69, 9.17) is 5.26 Å². The van der Waals surface area contributed by atoms with Gasteiger partial charge in [-0.15, -0.1) is 11.8 Å². The van der Waals surface area contributed by atoms with Crippen molar-refractivity contribution in [2.75, 3.05) is 24.2 Å². The average molecular weight is 405 g/mol. The summed E-state index contributed by atoms with van der Waals surface area (Å²) in [4.78, 5) is 17.1. The van der Waals surface area contributed by atoms with E-state index in [1.165, 1.54) is 0 Å². The van der Waals surface area contributed by atoms with Gasteiger partial charge in [0.1, 0.15) is 11.9 Å². The second-order valence-electron chi connectivity index (χ2n) is 4.82. The lowest BCUT2D eigenvalue weighted by Crippen LogP contribution is -2.29. The van der Waals surface area contributed by atoms with Gasteiger partial charge in [-0.05, 0) is 40.2 Å². The number of anilines is 1. The molecule has 2 aromatic rings. The van der Waals surface area contributed by atoms with Crippen molar-refractivity contribution in [3.8, 4) is 6.07 Å². The molecule has 0 spiro atoms. The Morgan fingerprint density at radius 2 is 2.08 bits per heavy atom. The largest absolute Gasteiger partial charge is 0.367 e. The standard InChI is InChI=1S/C17H17BrN4OS/c18-14-5-1-2-6-15(14)24-11-7-16(23)20-9-10-22-17-13(12-19)4-3-8-21-17/h1-6,8H,7,9-11H2,(H,20,23)(H,21,22). The van der Waals surface area contributed by atoms with Crippen LogP contribution < -0.4 is 10.6 Å². The molecule has 2 rings (SSSR count). The van der Waals surface area contributed by atoms with Crippen LogP contribution in [-0.2, 0) is 4.79 Å². The molecule has 0 unspecified atom stereocenters. The van der Waals surface area contributed by atoms with Crippen LogP contribution in [0.1, 0.15) is 12.0 Å². The summed E-state index contributed by atoms with van der Waals surface area (Å²) in [6.07, 6.45) is 2.08. The van der Waals surface area contributed by atoms with Crippen LogP contribution in [0.5, 0.6) is 0 Å². The second kappa shape index (κ2) is 9.96. The SMILES string of the molecule is N#Cc1cccnc1NCCNC(=O)CCSc1ccccc1Br. The molecule has 2 N–H and O–H groups in total. The number of nitrogens with zero attached hydrogens (tertiary/aromatic N) is 2. The molecule has 7 heteroatoms. The zero-order valence-corrected chi connectivity index (χ0v) is 15.4. The summed E-state index contributed by atoms with van der Waals surface area (Å²) in [5.74, 6) is 1.28. The number of halogens is 1. The quantitative estimate of drug-likeness (QED) is 0.520. The number of thioether (sulfide) groups is 1. The minimum Gasteiger partial charge on any atom is -0.367 e. The zero-order chi connectivity index (χ0) is 17.2. The summed E-state index contributed by atoms with van der Waals surface area (Å²) in [5.41, 5.74) is 0.494. The highest BCUT2D eigenvalue weighted by molar-refractivity contribution is 9.10. The van der Waals surface area contributed by atoms with Gasteiger partial charge in [0, 0.05) is 40.8 Å². The van der Waals surface area contributed by atoms with Gasteiger partial charge in [0.15, 0.2) is 0 Å². The number of pyridine rings is 1. The number of carbonyl (C=O) groups is 1. The second-order valence-corrected chi connectivity index (χ2v) is 6.81. The minimum atomic E-state index is 0.0119. The van der Waals surface area contributed by atoms with Gasteiger partial charge in [-0.25, -0.2) is 4.98 Å². The molecule has 0 aliphatic carbocycles. The van der Waals surface area contributed by atoms with Crippen molar-refractivity contribution in [2.24, 2.45) is 0 Å². The molecule has 1 heterocycles. The predicted molar refractivity (Wildman–Crippen MR) is 99.9 cm³/mol. The lowest BCUT2D eigenvalue weighted by atomic mass is 10.3. The van der Waals surface area contributed by atoms with E-state index in [2.05, 4.69) is 37.6 Å². The number of rotatable bonds is 8. The van der Waals surface area contributed by atoms with Crippen LogP contribution in [0.4, 0.5) is 5.82 Å². The van der Waals surface area contributed by atoms with Crippen LogP contribution in [0, 0.1) is 11.3 Å². The molecule has 24 heavy (non-hydrogen) atoms. The Bertz CT molecular complexity index is 733. The Morgan fingerprint density at radius 1 is 1.25 bits per heavy atom. The first-order chi connectivity index (χ1) is 11.7. The Kier molecular flexibility index (Phi) is 7.59. The summed E-state index contributed by atoms with van der Waals surface area (Å²) >= 11 is 5.14. The van der Waals surface area contributed by atoms with E-state index in [-0.39, 0.29) is 5.91 Å². The van der Waals surface area contributed by atoms with Crippen molar-refractivity contribution in [1.29, 1.82) is 5.26 Å². The van der Waals surface area contributed by atoms with E-state index in [9.17, 15) is 4.79 Å². The van der Waals surface area contributed by atoms with Crippen molar-refractivity contribution in [3.05, 3.63) is 52.6 Å². The molecule has 0 fully saturated rings. The topological polar surface area (TPSA) is 77.8 Å². The highest BCUT2D eigenvalue weighted by atomic mass is 79.9. The molecule has 0 atom stereocenters. The van der Waals surface area contributed by atoms with Gasteiger partial charge in [-0.3, -0.25) is 4.79 Å². The number of nitrogens with one attached hydrogen (secondary N) is 2. The normalized spacial score (nSPS) is 10.0. The fourth-order valence-electron chi connectivity index (χ4n) is 1.92. The predicted octanol–water partition coefficient (Wildman–Crippen LogP) is 3.43. The molecular weight excluding hydrogens is 388 g/mol. The summed E-state index contributed by atoms with van der Waals surface area (Å²) in [6, 6.07) is 13.4. The molecule has 1 aromatic heterocycles. The van der Waals surface area contributed by atoms with Crippen LogP contribution in [0.15, 0.2) is 52.0 Å². The summed E-state index contributed by atoms with van der Waals surface area (Å²) in [5, 5.41) is 14.9. The van der Waals surface area contributed by atoms with E-state index in [0.29, 0.717) is 30.9 Å². The van der Waals surface area contributed by atoms with Crippen molar-refractivity contribution >= 4 is 39.4 Å². The maximum atomic E-state index is 11.8. The minimum absolute atomic E-state index is 0.0119. The summed E-state index contributed by atoms with van der Waals surface area (Å²) < 4.78 is 1.04. The van der Waals surface area contributed by atoms with Gasteiger partial charge >= 0.3 is 0 Å². The van der Waals surface area contributed by atoms with Crippen molar-refractivity contribution in [2.45, 2.75) is 11.3 Å². The molecule has 124 valence electrons. The molecule has 1 amide bonds. The third-order valence-corrected chi connectivity index (χ3v) is 5.12. The molecule has 1 aromatic carbocycles. The number of hydrogen-bond acceptors (Lipinski definition) is 5. The lowest BCUT2D eigenvalue weighted by Gasteiger charge is -2.08. The van der Waals surface area contributed by atoms with Crippen LogP contribution in [0.2, 0.25) is 0 Å². The highest BCUT2D eigenvalue weighted by Crippen LogP contribution is 2.27. The molecule has 0 saturated heterocycles. The van der Waals surface area contributed by atoms with E-state index < -0.39 is 0 Å². The van der Waals surface area contributed by atoms with E-state index in [1.54, 1.807) is 30.1 Å². The van der Waals surface area contributed by atoms with Crippen LogP contribution in [0.25, 0.3) is 0 Å². The van der Waals surface area contributed by atoms with Crippen LogP contribution >= 0.6 is 27.7 Å². The maximum absolute atomic E-state index is 11.8. The van der Waals surface area contributed by atoms with Gasteiger partial charge in [0.25, 0.3) is 0 Å². The first kappa shape index (κ1) is 18.3. The maximum Gasteiger partial charge on any atom is 0.220 e. The van der Waals surface area contributed by atoms with E-state index in [1.807, 2.05) is 24.3 Å². The van der Waals surface area contributed by atoms with Gasteiger partial charge < -0.3 is 10.6 Å². The monoisotopic (exact) mass is 404 g/mol. The smallest absolute Gasteiger partial charge is 0.220 e. The lowest BCUT2D eigenvalue weighted by molar-refractivity contribution is -0.120. The van der Waals surface area contributed by atoms with E-state index in [0.717, 1.165) is 15.1 Å². The zero-order valence-electron chi connectivity index (χ0n) is 13.0. The van der Waals surface area contributed by atoms with Gasteiger partial charge in [-0.2, -0.15) is 5.26 Å². The van der Waals surface area contributed by atoms with Gasteiger partial charge in [0.2, 0.25) is 5.91 Å². The van der Waals surface area contributed by atoms with Crippen molar-refractivity contribution < 1.29 is 4.79 Å². The average Bonchev–Trinajstić information content (AvgIpc) is 2.60. The van der Waals surface area contributed by atoms with Crippen LogP contribution in [-0.4, -0.2) is 29.7 Å². The highest BCUT2D eigenvalue weighted by Gasteiger charge is 2.04. The van der Waals surface area contributed by atoms with Crippen molar-refractivity contribution in [1.82, 2.24) is 10.3 Å². The van der Waals surface area contributed by atoms with Crippen molar-refractivity contribution in [3.63, 3.8) is 0 Å². The fourth-order valence-corrected chi connectivity index (χ4v) is 3.44. The van der Waals surface area contributed by atoms with E-state index >= 15 is 0 Å². The fraction of sp³-hybridized carbons (Fsp3) is 0.235. The molecule has 0 saturated carbocycles. The molecule has 0 aliphatic rings. The third kappa shape index (κ3) is 5.87. The third-order valence-electron chi connectivity index (χ3n) is 3.09. The number of hydrogen-bond donors (Lipinski definition) is 2. The first-order valence-corrected chi connectivity index (χ1v) is 9.21. The van der Waals surface area contributed by atoms with Gasteiger partial charge in [0.05, 0.1) is 5.56 Å². The number of amides is 1. The molecule has 0 aliphatic heterocycles. The Hall–Kier alpha value is -2.04. The number of benzene rings is 1. The summed E-state index contributed by atoms with van der Waals surface area (Å²) in [7, 11) is 0. The Morgan fingerprint density at radius 3 is 2.88 bits per heavy atom. The van der Waals surface area contributed by atoms with Gasteiger partial charge in [-0.1, -0.05) is 12.1 Å².